The van der Waals surface area contributed by atoms with Crippen LogP contribution >= 0.6 is 0 Å². The zero-order valence-electron chi connectivity index (χ0n) is 9.22. The summed E-state index contributed by atoms with van der Waals surface area (Å²) in [6, 6.07) is 6.54. The predicted molar refractivity (Wildman–Crippen MR) is 63.0 cm³/mol. The van der Waals surface area contributed by atoms with E-state index in [2.05, 4.69) is 0 Å². The largest absolute Gasteiger partial charge is 0.326 e. The van der Waals surface area contributed by atoms with Crippen LogP contribution < -0.4 is 21.9 Å². The van der Waals surface area contributed by atoms with Crippen LogP contribution in [0.3, 0.4) is 0 Å². The quantitative estimate of drug-likeness (QED) is 0.359. The summed E-state index contributed by atoms with van der Waals surface area (Å²) in [7, 11) is 0. The van der Waals surface area contributed by atoms with E-state index in [1.807, 2.05) is 5.43 Å². The van der Waals surface area contributed by atoms with Crippen molar-refractivity contribution in [1.29, 1.82) is 0 Å². The molecule has 0 bridgehead atoms. The number of nitrogens with zero attached hydrogens (tertiary/aromatic N) is 1. The lowest BCUT2D eigenvalue weighted by atomic mass is 10.2. The Balaban J connectivity index is 2.18. The standard InChI is InChI=1S/C11H14N4O2/c12-8-5-10(16)15(6-8)9-3-1-7(2-4-9)11(17)14-13/h1-4,8H,5-6,12-13H2,(H,14,17). The number of carbonyl (C=O) groups excluding carboxylic acids is 2. The summed E-state index contributed by atoms with van der Waals surface area (Å²) >= 11 is 0. The number of nitrogens with two attached hydrogens (primary N) is 2. The van der Waals surface area contributed by atoms with Gasteiger partial charge in [0.1, 0.15) is 0 Å². The molecule has 1 heterocycles. The van der Waals surface area contributed by atoms with Gasteiger partial charge in [0, 0.05) is 30.3 Å². The van der Waals surface area contributed by atoms with Gasteiger partial charge in [-0.1, -0.05) is 0 Å². The van der Waals surface area contributed by atoms with E-state index in [1.54, 1.807) is 29.2 Å². The SMILES string of the molecule is NNC(=O)c1ccc(N2CC(N)CC2=O)cc1. The third kappa shape index (κ3) is 2.27. The molecule has 5 N–H and O–H groups in total. The zero-order chi connectivity index (χ0) is 12.4. The Morgan fingerprint density at radius 2 is 2.00 bits per heavy atom. The Kier molecular flexibility index (Phi) is 3.08. The van der Waals surface area contributed by atoms with Crippen molar-refractivity contribution in [3.05, 3.63) is 29.8 Å². The van der Waals surface area contributed by atoms with Crippen LogP contribution in [0.1, 0.15) is 16.8 Å². The average Bonchev–Trinajstić information content (AvgIpc) is 2.68. The average molecular weight is 234 g/mol. The highest BCUT2D eigenvalue weighted by Gasteiger charge is 2.27. The number of nitrogens with one attached hydrogen (secondary N) is 1. The first-order valence-electron chi connectivity index (χ1n) is 5.29. The molecule has 1 fully saturated rings. The molecule has 0 aromatic heterocycles. The Labute approximate surface area is 98.5 Å². The topological polar surface area (TPSA) is 101 Å². The number of carbonyl (C=O) groups is 2. The maximum Gasteiger partial charge on any atom is 0.265 e. The molecule has 1 aromatic rings. The van der Waals surface area contributed by atoms with Crippen molar-refractivity contribution in [2.24, 2.45) is 11.6 Å². The van der Waals surface area contributed by atoms with Crippen molar-refractivity contribution < 1.29 is 9.59 Å². The summed E-state index contributed by atoms with van der Waals surface area (Å²) in [5.74, 6) is 4.67. The number of hydrogen-bond acceptors (Lipinski definition) is 4. The van der Waals surface area contributed by atoms with E-state index in [1.165, 1.54) is 0 Å². The minimum atomic E-state index is -0.360. The second-order valence-corrected chi connectivity index (χ2v) is 3.99. The van der Waals surface area contributed by atoms with E-state index in [0.29, 0.717) is 18.5 Å². The van der Waals surface area contributed by atoms with Crippen LogP contribution in [0.2, 0.25) is 0 Å². The third-order valence-corrected chi connectivity index (χ3v) is 2.73. The number of rotatable bonds is 2. The van der Waals surface area contributed by atoms with Crippen LogP contribution in [0.15, 0.2) is 24.3 Å². The van der Waals surface area contributed by atoms with Gasteiger partial charge in [0.15, 0.2) is 0 Å². The van der Waals surface area contributed by atoms with Crippen LogP contribution in [-0.4, -0.2) is 24.4 Å². The van der Waals surface area contributed by atoms with Gasteiger partial charge in [0.05, 0.1) is 0 Å². The molecule has 1 unspecified atom stereocenters. The van der Waals surface area contributed by atoms with Gasteiger partial charge in [-0.05, 0) is 24.3 Å². The van der Waals surface area contributed by atoms with Crippen molar-refractivity contribution in [1.82, 2.24) is 5.43 Å². The van der Waals surface area contributed by atoms with Crippen molar-refractivity contribution >= 4 is 17.5 Å². The first-order chi connectivity index (χ1) is 8.11. The van der Waals surface area contributed by atoms with Crippen LogP contribution in [-0.2, 0) is 4.79 Å². The lowest BCUT2D eigenvalue weighted by molar-refractivity contribution is -0.117. The number of benzene rings is 1. The highest BCUT2D eigenvalue weighted by molar-refractivity contribution is 5.97. The summed E-state index contributed by atoms with van der Waals surface area (Å²) in [6.45, 7) is 0.515. The van der Waals surface area contributed by atoms with Crippen LogP contribution in [0.25, 0.3) is 0 Å². The molecule has 0 radical (unpaired) electrons. The van der Waals surface area contributed by atoms with Crippen molar-refractivity contribution in [2.45, 2.75) is 12.5 Å². The predicted octanol–water partition coefficient (Wildman–Crippen LogP) is -0.646. The third-order valence-electron chi connectivity index (χ3n) is 2.73. The summed E-state index contributed by atoms with van der Waals surface area (Å²) in [4.78, 5) is 24.5. The first kappa shape index (κ1) is 11.6. The number of hydrazine groups is 1. The molecule has 0 saturated carbocycles. The van der Waals surface area contributed by atoms with Gasteiger partial charge in [-0.3, -0.25) is 15.0 Å². The van der Waals surface area contributed by atoms with Crippen molar-refractivity contribution in [3.8, 4) is 0 Å². The summed E-state index contributed by atoms with van der Waals surface area (Å²) in [5.41, 5.74) is 8.95. The van der Waals surface area contributed by atoms with Crippen molar-refractivity contribution in [3.63, 3.8) is 0 Å². The van der Waals surface area contributed by atoms with E-state index in [-0.39, 0.29) is 17.9 Å². The molecular weight excluding hydrogens is 220 g/mol. The van der Waals surface area contributed by atoms with Gasteiger partial charge in [-0.15, -0.1) is 0 Å². The second kappa shape index (κ2) is 4.52. The van der Waals surface area contributed by atoms with Gasteiger partial charge in [0.25, 0.3) is 5.91 Å². The molecule has 0 spiro atoms. The maximum atomic E-state index is 11.6. The lowest BCUT2D eigenvalue weighted by Gasteiger charge is -2.16. The monoisotopic (exact) mass is 234 g/mol. The molecule has 2 amide bonds. The molecule has 6 nitrogen and oxygen atoms in total. The van der Waals surface area contributed by atoms with Gasteiger partial charge in [0.2, 0.25) is 5.91 Å². The molecule has 90 valence electrons. The van der Waals surface area contributed by atoms with E-state index in [0.717, 1.165) is 5.69 Å². The highest BCUT2D eigenvalue weighted by Crippen LogP contribution is 2.21. The number of anilines is 1. The fourth-order valence-electron chi connectivity index (χ4n) is 1.86. The molecule has 1 saturated heterocycles. The molecule has 17 heavy (non-hydrogen) atoms. The highest BCUT2D eigenvalue weighted by atomic mass is 16.2. The Bertz CT molecular complexity index is 443. The van der Waals surface area contributed by atoms with Gasteiger partial charge >= 0.3 is 0 Å². The summed E-state index contributed by atoms with van der Waals surface area (Å²) in [6.07, 6.45) is 0.366. The van der Waals surface area contributed by atoms with Gasteiger partial charge < -0.3 is 10.6 Å². The van der Waals surface area contributed by atoms with Crippen LogP contribution in [0.5, 0.6) is 0 Å². The zero-order valence-corrected chi connectivity index (χ0v) is 9.22. The van der Waals surface area contributed by atoms with E-state index >= 15 is 0 Å². The minimum Gasteiger partial charge on any atom is -0.326 e. The van der Waals surface area contributed by atoms with Crippen molar-refractivity contribution in [2.75, 3.05) is 11.4 Å². The maximum absolute atomic E-state index is 11.6. The molecule has 1 aromatic carbocycles. The van der Waals surface area contributed by atoms with E-state index in [9.17, 15) is 9.59 Å². The van der Waals surface area contributed by atoms with Crippen LogP contribution in [0, 0.1) is 0 Å². The van der Waals surface area contributed by atoms with Crippen LogP contribution in [0.4, 0.5) is 5.69 Å². The summed E-state index contributed by atoms with van der Waals surface area (Å²) < 4.78 is 0. The fourth-order valence-corrected chi connectivity index (χ4v) is 1.86. The molecular formula is C11H14N4O2. The number of amides is 2. The fraction of sp³-hybridized carbons (Fsp3) is 0.273. The molecule has 0 aliphatic carbocycles. The first-order valence-corrected chi connectivity index (χ1v) is 5.29. The smallest absolute Gasteiger partial charge is 0.265 e. The van der Waals surface area contributed by atoms with E-state index in [4.69, 9.17) is 11.6 Å². The minimum absolute atomic E-state index is 0.00789. The Morgan fingerprint density at radius 1 is 1.35 bits per heavy atom. The summed E-state index contributed by atoms with van der Waals surface area (Å²) in [5, 5.41) is 0. The lowest BCUT2D eigenvalue weighted by Crippen LogP contribution is -2.30. The molecule has 1 aliphatic rings. The van der Waals surface area contributed by atoms with Gasteiger partial charge in [-0.2, -0.15) is 0 Å². The molecule has 1 aliphatic heterocycles. The normalized spacial score (nSPS) is 19.5. The number of nitrogen functional groups attached to an aromatic ring is 1. The van der Waals surface area contributed by atoms with Gasteiger partial charge in [-0.25, -0.2) is 5.84 Å². The Hall–Kier alpha value is -1.92. The Morgan fingerprint density at radius 3 is 2.47 bits per heavy atom. The number of hydrogen-bond donors (Lipinski definition) is 3. The molecule has 1 atom stereocenters. The molecule has 6 heteroatoms. The molecule has 2 rings (SSSR count). The second-order valence-electron chi connectivity index (χ2n) is 3.99. The van der Waals surface area contributed by atoms with E-state index < -0.39 is 0 Å².